The fourth-order valence-corrected chi connectivity index (χ4v) is 2.14. The monoisotopic (exact) mass is 281 g/mol. The van der Waals surface area contributed by atoms with E-state index >= 15 is 0 Å². The van der Waals surface area contributed by atoms with Crippen molar-refractivity contribution in [2.75, 3.05) is 17.2 Å². The molecule has 0 atom stereocenters. The van der Waals surface area contributed by atoms with Gasteiger partial charge in [0, 0.05) is 10.4 Å². The number of carboxylic acids is 1. The van der Waals surface area contributed by atoms with Gasteiger partial charge < -0.3 is 10.0 Å². The van der Waals surface area contributed by atoms with Crippen LogP contribution in [0.15, 0.2) is 30.3 Å². The van der Waals surface area contributed by atoms with Gasteiger partial charge in [-0.15, -0.1) is 11.8 Å². The van der Waals surface area contributed by atoms with E-state index in [2.05, 4.69) is 0 Å². The molecule has 1 rings (SSSR count). The topological polar surface area (TPSA) is 57.6 Å². The molecule has 0 aromatic heterocycles. The fourth-order valence-electron chi connectivity index (χ4n) is 1.42. The lowest BCUT2D eigenvalue weighted by atomic mass is 10.3. The van der Waals surface area contributed by atoms with Gasteiger partial charge in [0.15, 0.2) is 0 Å². The van der Waals surface area contributed by atoms with Gasteiger partial charge in [-0.05, 0) is 12.1 Å². The van der Waals surface area contributed by atoms with Crippen LogP contribution in [0.3, 0.4) is 0 Å². The predicted octanol–water partition coefficient (Wildman–Crippen LogP) is 2.64. The number of rotatable bonds is 5. The quantitative estimate of drug-likeness (QED) is 0.901. The number of hydrogen-bond donors (Lipinski definition) is 1. The van der Waals surface area contributed by atoms with Crippen molar-refractivity contribution in [2.45, 2.75) is 25.5 Å². The molecule has 0 unspecified atom stereocenters. The number of aliphatic carboxylic acids is 1. The number of hydrogen-bond acceptors (Lipinski definition) is 3. The zero-order chi connectivity index (χ0) is 14.5. The third kappa shape index (κ3) is 5.79. The molecule has 0 aliphatic rings. The van der Waals surface area contributed by atoms with Gasteiger partial charge in [-0.1, -0.05) is 39.0 Å². The van der Waals surface area contributed by atoms with Gasteiger partial charge in [-0.3, -0.25) is 9.59 Å². The maximum Gasteiger partial charge on any atom is 0.323 e. The van der Waals surface area contributed by atoms with Gasteiger partial charge in [-0.2, -0.15) is 0 Å². The number of thioether (sulfide) groups is 1. The lowest BCUT2D eigenvalue weighted by Gasteiger charge is -2.23. The zero-order valence-corrected chi connectivity index (χ0v) is 12.2. The first kappa shape index (κ1) is 15.6. The number of amides is 1. The fraction of sp³-hybridized carbons (Fsp3) is 0.429. The molecular formula is C14H19NO3S. The summed E-state index contributed by atoms with van der Waals surface area (Å²) in [4.78, 5) is 24.4. The van der Waals surface area contributed by atoms with Crippen LogP contribution in [0.1, 0.15) is 20.8 Å². The first-order chi connectivity index (χ1) is 8.79. The Hall–Kier alpha value is -1.49. The molecule has 0 aliphatic carbocycles. The van der Waals surface area contributed by atoms with E-state index in [0.717, 1.165) is 0 Å². The highest BCUT2D eigenvalue weighted by Gasteiger charge is 2.21. The van der Waals surface area contributed by atoms with Gasteiger partial charge in [0.25, 0.3) is 0 Å². The molecule has 0 fully saturated rings. The molecule has 5 heteroatoms. The second-order valence-electron chi connectivity index (χ2n) is 5.11. The molecular weight excluding hydrogens is 262 g/mol. The average molecular weight is 281 g/mol. The third-order valence-electron chi connectivity index (χ3n) is 2.29. The van der Waals surface area contributed by atoms with Gasteiger partial charge in [0.05, 0.1) is 5.75 Å². The van der Waals surface area contributed by atoms with Crippen molar-refractivity contribution >= 4 is 29.3 Å². The van der Waals surface area contributed by atoms with Gasteiger partial charge in [-0.25, -0.2) is 0 Å². The van der Waals surface area contributed by atoms with Crippen LogP contribution in [-0.2, 0) is 9.59 Å². The minimum atomic E-state index is -1.02. The molecule has 1 aromatic rings. The molecule has 0 saturated heterocycles. The Morgan fingerprint density at radius 2 is 1.79 bits per heavy atom. The Kier molecular flexibility index (Phi) is 5.42. The van der Waals surface area contributed by atoms with E-state index in [-0.39, 0.29) is 23.0 Å². The maximum absolute atomic E-state index is 12.2. The average Bonchev–Trinajstić information content (AvgIpc) is 2.33. The normalized spacial score (nSPS) is 11.1. The molecule has 1 N–H and O–H groups in total. The molecule has 19 heavy (non-hydrogen) atoms. The van der Waals surface area contributed by atoms with Crippen molar-refractivity contribution < 1.29 is 14.7 Å². The summed E-state index contributed by atoms with van der Waals surface area (Å²) in [6.45, 7) is 5.76. The summed E-state index contributed by atoms with van der Waals surface area (Å²) in [5.74, 6) is -0.933. The Bertz CT molecular complexity index is 440. The molecule has 104 valence electrons. The van der Waals surface area contributed by atoms with E-state index in [1.54, 1.807) is 24.3 Å². The third-order valence-corrected chi connectivity index (χ3v) is 3.55. The molecule has 0 bridgehead atoms. The molecule has 0 radical (unpaired) electrons. The molecule has 0 saturated carbocycles. The van der Waals surface area contributed by atoms with E-state index in [4.69, 9.17) is 5.11 Å². The zero-order valence-electron chi connectivity index (χ0n) is 11.4. The standard InChI is InChI=1S/C14H19NO3S/c1-14(2,3)19-10-12(16)15(9-13(17)18)11-7-5-4-6-8-11/h4-8H,9-10H2,1-3H3,(H,17,18). The molecule has 0 aliphatic heterocycles. The summed E-state index contributed by atoms with van der Waals surface area (Å²) >= 11 is 1.51. The van der Waals surface area contributed by atoms with E-state index in [1.165, 1.54) is 16.7 Å². The molecule has 1 aromatic carbocycles. The molecule has 0 heterocycles. The number of para-hydroxylation sites is 1. The van der Waals surface area contributed by atoms with E-state index in [1.807, 2.05) is 26.8 Å². The summed E-state index contributed by atoms with van der Waals surface area (Å²) in [6, 6.07) is 8.88. The Morgan fingerprint density at radius 1 is 1.21 bits per heavy atom. The summed E-state index contributed by atoms with van der Waals surface area (Å²) in [5.41, 5.74) is 0.615. The lowest BCUT2D eigenvalue weighted by Crippen LogP contribution is -2.37. The highest BCUT2D eigenvalue weighted by molar-refractivity contribution is 8.01. The van der Waals surface area contributed by atoms with Crippen molar-refractivity contribution in [3.05, 3.63) is 30.3 Å². The van der Waals surface area contributed by atoms with E-state index in [0.29, 0.717) is 5.69 Å². The minimum absolute atomic E-state index is 0.0265. The second-order valence-corrected chi connectivity index (χ2v) is 6.91. The summed E-state index contributed by atoms with van der Waals surface area (Å²) in [6.07, 6.45) is 0. The van der Waals surface area contributed by atoms with Crippen molar-refractivity contribution in [1.29, 1.82) is 0 Å². The Morgan fingerprint density at radius 3 is 2.26 bits per heavy atom. The number of carboxylic acid groups (broad SMARTS) is 1. The summed E-state index contributed by atoms with van der Waals surface area (Å²) < 4.78 is -0.0265. The van der Waals surface area contributed by atoms with Crippen LogP contribution in [0, 0.1) is 0 Å². The van der Waals surface area contributed by atoms with Crippen LogP contribution in [-0.4, -0.2) is 34.0 Å². The van der Waals surface area contributed by atoms with Gasteiger partial charge in [0.2, 0.25) is 5.91 Å². The molecule has 1 amide bonds. The first-order valence-corrected chi connectivity index (χ1v) is 6.99. The lowest BCUT2D eigenvalue weighted by molar-refractivity contribution is -0.136. The largest absolute Gasteiger partial charge is 0.480 e. The maximum atomic E-state index is 12.2. The van der Waals surface area contributed by atoms with Crippen LogP contribution < -0.4 is 4.90 Å². The summed E-state index contributed by atoms with van der Waals surface area (Å²) in [7, 11) is 0. The van der Waals surface area contributed by atoms with Crippen molar-refractivity contribution in [1.82, 2.24) is 0 Å². The number of carbonyl (C=O) groups is 2. The first-order valence-electron chi connectivity index (χ1n) is 6.01. The van der Waals surface area contributed by atoms with Crippen molar-refractivity contribution in [3.63, 3.8) is 0 Å². The van der Waals surface area contributed by atoms with Crippen molar-refractivity contribution in [3.8, 4) is 0 Å². The number of benzene rings is 1. The highest BCUT2D eigenvalue weighted by atomic mass is 32.2. The number of nitrogens with zero attached hydrogens (tertiary/aromatic N) is 1. The second kappa shape index (κ2) is 6.61. The molecule has 0 spiro atoms. The SMILES string of the molecule is CC(C)(C)SCC(=O)N(CC(=O)O)c1ccccc1. The Labute approximate surface area is 117 Å². The molecule has 4 nitrogen and oxygen atoms in total. The van der Waals surface area contributed by atoms with Crippen LogP contribution in [0.25, 0.3) is 0 Å². The van der Waals surface area contributed by atoms with Crippen LogP contribution in [0.2, 0.25) is 0 Å². The number of carbonyl (C=O) groups excluding carboxylic acids is 1. The summed E-state index contributed by atoms with van der Waals surface area (Å²) in [5, 5.41) is 8.92. The minimum Gasteiger partial charge on any atom is -0.480 e. The smallest absolute Gasteiger partial charge is 0.323 e. The van der Waals surface area contributed by atoms with Crippen molar-refractivity contribution in [2.24, 2.45) is 0 Å². The van der Waals surface area contributed by atoms with Crippen LogP contribution in [0.4, 0.5) is 5.69 Å². The predicted molar refractivity (Wildman–Crippen MR) is 78.6 cm³/mol. The van der Waals surface area contributed by atoms with Gasteiger partial charge >= 0.3 is 5.97 Å². The Balaban J connectivity index is 2.80. The van der Waals surface area contributed by atoms with Crippen LogP contribution in [0.5, 0.6) is 0 Å². The van der Waals surface area contributed by atoms with Crippen LogP contribution >= 0.6 is 11.8 Å². The van der Waals surface area contributed by atoms with Gasteiger partial charge in [0.1, 0.15) is 6.54 Å². The highest BCUT2D eigenvalue weighted by Crippen LogP contribution is 2.24. The van der Waals surface area contributed by atoms with E-state index in [9.17, 15) is 9.59 Å². The number of anilines is 1. The van der Waals surface area contributed by atoms with E-state index < -0.39 is 5.97 Å².